The number of hydrazine groups is 1. The van der Waals surface area contributed by atoms with Gasteiger partial charge in [-0.15, -0.1) is 0 Å². The Labute approximate surface area is 138 Å². The number of hydrogen-bond donors (Lipinski definition) is 3. The largest absolute Gasteiger partial charge is 0.370 e. The van der Waals surface area contributed by atoms with Crippen molar-refractivity contribution in [1.82, 2.24) is 10.9 Å². The number of amides is 1. The number of carbonyl (C=O) groups is 1. The van der Waals surface area contributed by atoms with Crippen LogP contribution in [0.5, 0.6) is 0 Å². The van der Waals surface area contributed by atoms with Crippen molar-refractivity contribution in [2.45, 2.75) is 66.0 Å². The molecule has 128 valence electrons. The molecule has 6 nitrogen and oxygen atoms in total. The summed E-state index contributed by atoms with van der Waals surface area (Å²) in [5, 5.41) is 18.7. The van der Waals surface area contributed by atoms with Gasteiger partial charge in [0, 0.05) is 6.42 Å². The molecule has 0 spiro atoms. The molecule has 1 heterocycles. The van der Waals surface area contributed by atoms with Gasteiger partial charge in [0.2, 0.25) is 5.91 Å². The lowest BCUT2D eigenvalue weighted by molar-refractivity contribution is -0.121. The summed E-state index contributed by atoms with van der Waals surface area (Å²) in [5.41, 5.74) is 6.33. The Morgan fingerprint density at radius 3 is 2.65 bits per heavy atom. The van der Waals surface area contributed by atoms with E-state index in [4.69, 9.17) is 5.26 Å². The summed E-state index contributed by atoms with van der Waals surface area (Å²) in [4.78, 5) is 15.7. The summed E-state index contributed by atoms with van der Waals surface area (Å²) < 4.78 is 0. The van der Waals surface area contributed by atoms with Crippen LogP contribution in [0.15, 0.2) is 16.6 Å². The average molecular weight is 320 g/mol. The van der Waals surface area contributed by atoms with Gasteiger partial charge >= 0.3 is 0 Å². The van der Waals surface area contributed by atoms with Gasteiger partial charge in [0.1, 0.15) is 11.8 Å². The molecule has 0 radical (unpaired) electrons. The van der Waals surface area contributed by atoms with Crippen molar-refractivity contribution in [2.24, 2.45) is 16.3 Å². The van der Waals surface area contributed by atoms with Crippen molar-refractivity contribution >= 4 is 11.7 Å². The highest BCUT2D eigenvalue weighted by molar-refractivity contribution is 5.95. The topological polar surface area (TPSA) is 97.5 Å². The van der Waals surface area contributed by atoms with Crippen molar-refractivity contribution in [3.63, 3.8) is 0 Å². The molecule has 1 aliphatic heterocycles. The molecular weight excluding hydrogens is 292 g/mol. The van der Waals surface area contributed by atoms with Crippen LogP contribution in [-0.2, 0) is 4.79 Å². The fourth-order valence-corrected chi connectivity index (χ4v) is 2.35. The van der Waals surface area contributed by atoms with Crippen LogP contribution in [0.2, 0.25) is 0 Å². The maximum Gasteiger partial charge on any atom is 0.238 e. The highest BCUT2D eigenvalue weighted by Gasteiger charge is 2.24. The monoisotopic (exact) mass is 320 g/mol. The number of aliphatic hydroxyl groups is 1. The Morgan fingerprint density at radius 2 is 2.09 bits per heavy atom. The quantitative estimate of drug-likeness (QED) is 0.535. The molecular formula is C17H28N4O2. The molecule has 0 aliphatic carbocycles. The van der Waals surface area contributed by atoms with E-state index in [2.05, 4.69) is 36.6 Å². The molecule has 6 heteroatoms. The minimum Gasteiger partial charge on any atom is -0.370 e. The highest BCUT2D eigenvalue weighted by atomic mass is 16.3. The Hall–Kier alpha value is -1.87. The zero-order valence-corrected chi connectivity index (χ0v) is 14.5. The molecule has 1 aliphatic rings. The third-order valence-electron chi connectivity index (χ3n) is 3.72. The van der Waals surface area contributed by atoms with Gasteiger partial charge in [-0.3, -0.25) is 15.6 Å². The van der Waals surface area contributed by atoms with Gasteiger partial charge in [0.05, 0.1) is 6.07 Å². The van der Waals surface area contributed by atoms with Crippen LogP contribution in [0.1, 0.15) is 59.8 Å². The van der Waals surface area contributed by atoms with Crippen LogP contribution in [0.25, 0.3) is 0 Å². The smallest absolute Gasteiger partial charge is 0.238 e. The molecule has 23 heavy (non-hydrogen) atoms. The van der Waals surface area contributed by atoms with Crippen molar-refractivity contribution in [2.75, 3.05) is 0 Å². The zero-order valence-electron chi connectivity index (χ0n) is 14.5. The van der Waals surface area contributed by atoms with E-state index in [0.717, 1.165) is 25.7 Å². The van der Waals surface area contributed by atoms with Gasteiger partial charge < -0.3 is 5.11 Å². The predicted molar refractivity (Wildman–Crippen MR) is 90.1 cm³/mol. The summed E-state index contributed by atoms with van der Waals surface area (Å²) in [6.45, 7) is 8.41. The molecule has 2 atom stereocenters. The normalized spacial score (nSPS) is 21.0. The maximum atomic E-state index is 11.8. The first-order valence-corrected chi connectivity index (χ1v) is 8.11. The standard InChI is InChI=1S/C17H28N4O2/c1-12-10-14(19-16(23)13(12)11-18)20-21-15(22)8-6-5-7-9-17(2,3)4/h10,13,16,23H,5-9H2,1-4H3,(H,19,20)(H,21,22). The summed E-state index contributed by atoms with van der Waals surface area (Å²) >= 11 is 0. The van der Waals surface area contributed by atoms with Crippen LogP contribution in [0.4, 0.5) is 0 Å². The number of amidine groups is 1. The molecule has 0 fully saturated rings. The Kier molecular flexibility index (Phi) is 7.24. The van der Waals surface area contributed by atoms with E-state index in [1.54, 1.807) is 13.0 Å². The molecule has 3 N–H and O–H groups in total. The number of unbranched alkanes of at least 4 members (excludes halogenated alkanes) is 2. The lowest BCUT2D eigenvalue weighted by atomic mass is 9.89. The van der Waals surface area contributed by atoms with Crippen molar-refractivity contribution in [1.29, 1.82) is 5.26 Å². The molecule has 0 saturated carbocycles. The number of rotatable bonds is 5. The van der Waals surface area contributed by atoms with E-state index in [0.29, 0.717) is 23.2 Å². The van der Waals surface area contributed by atoms with Gasteiger partial charge in [-0.2, -0.15) is 5.26 Å². The van der Waals surface area contributed by atoms with E-state index >= 15 is 0 Å². The number of nitriles is 1. The molecule has 0 aromatic rings. The predicted octanol–water partition coefficient (Wildman–Crippen LogP) is 2.42. The second-order valence-corrected chi connectivity index (χ2v) is 7.22. The third-order valence-corrected chi connectivity index (χ3v) is 3.72. The van der Waals surface area contributed by atoms with Crippen LogP contribution >= 0.6 is 0 Å². The van der Waals surface area contributed by atoms with Gasteiger partial charge in [-0.25, -0.2) is 4.99 Å². The molecule has 1 amide bonds. The fourth-order valence-electron chi connectivity index (χ4n) is 2.35. The highest BCUT2D eigenvalue weighted by Crippen LogP contribution is 2.22. The van der Waals surface area contributed by atoms with E-state index < -0.39 is 12.1 Å². The number of hydrogen-bond acceptors (Lipinski definition) is 5. The fraction of sp³-hybridized carbons (Fsp3) is 0.706. The van der Waals surface area contributed by atoms with E-state index in [9.17, 15) is 9.90 Å². The number of aliphatic hydroxyl groups excluding tert-OH is 1. The first kappa shape index (κ1) is 19.2. The summed E-state index contributed by atoms with van der Waals surface area (Å²) in [7, 11) is 0. The van der Waals surface area contributed by atoms with Gasteiger partial charge in [0.15, 0.2) is 6.23 Å². The minimum atomic E-state index is -1.10. The molecule has 0 bridgehead atoms. The Balaban J connectivity index is 2.26. The molecule has 0 saturated heterocycles. The van der Waals surface area contributed by atoms with Crippen molar-refractivity contribution in [3.8, 4) is 6.07 Å². The molecule has 1 rings (SSSR count). The lowest BCUT2D eigenvalue weighted by Crippen LogP contribution is -2.43. The van der Waals surface area contributed by atoms with Crippen molar-refractivity contribution in [3.05, 3.63) is 11.6 Å². The second kappa shape index (κ2) is 8.68. The molecule has 0 aromatic carbocycles. The first-order valence-electron chi connectivity index (χ1n) is 8.11. The lowest BCUT2D eigenvalue weighted by Gasteiger charge is -2.20. The summed E-state index contributed by atoms with van der Waals surface area (Å²) in [6, 6.07) is 2.00. The van der Waals surface area contributed by atoms with Gasteiger partial charge in [0.25, 0.3) is 0 Å². The Morgan fingerprint density at radius 1 is 1.39 bits per heavy atom. The molecule has 0 aromatic heterocycles. The van der Waals surface area contributed by atoms with Crippen LogP contribution in [-0.4, -0.2) is 23.1 Å². The van der Waals surface area contributed by atoms with Gasteiger partial charge in [-0.1, -0.05) is 33.6 Å². The second-order valence-electron chi connectivity index (χ2n) is 7.22. The van der Waals surface area contributed by atoms with Crippen LogP contribution in [0.3, 0.4) is 0 Å². The summed E-state index contributed by atoms with van der Waals surface area (Å²) in [6.07, 6.45) is 5.19. The van der Waals surface area contributed by atoms with Crippen molar-refractivity contribution < 1.29 is 9.90 Å². The number of nitrogens with one attached hydrogen (secondary N) is 2. The van der Waals surface area contributed by atoms with Gasteiger partial charge in [-0.05, 0) is 36.8 Å². The van der Waals surface area contributed by atoms with E-state index in [-0.39, 0.29) is 5.91 Å². The van der Waals surface area contributed by atoms with E-state index in [1.165, 1.54) is 0 Å². The van der Waals surface area contributed by atoms with Crippen LogP contribution < -0.4 is 10.9 Å². The Bertz CT molecular complexity index is 512. The number of carbonyl (C=O) groups excluding carboxylic acids is 1. The maximum absolute atomic E-state index is 11.8. The molecule has 2 unspecified atom stereocenters. The summed E-state index contributed by atoms with van der Waals surface area (Å²) in [5.74, 6) is -0.368. The zero-order chi connectivity index (χ0) is 17.5. The minimum absolute atomic E-state index is 0.105. The number of nitrogens with zero attached hydrogens (tertiary/aromatic N) is 2. The number of aliphatic imine (C=N–C) groups is 1. The van der Waals surface area contributed by atoms with Crippen LogP contribution in [0, 0.1) is 22.7 Å². The first-order chi connectivity index (χ1) is 10.7. The SMILES string of the molecule is CC1=CC(NNC(=O)CCCCCC(C)(C)C)=NC(O)C1C#N. The van der Waals surface area contributed by atoms with E-state index in [1.807, 2.05) is 6.07 Å². The average Bonchev–Trinajstić information content (AvgIpc) is 2.43. The number of dihydropyridines is 1. The third kappa shape index (κ3) is 7.29.